The van der Waals surface area contributed by atoms with E-state index in [9.17, 15) is 9.59 Å². The molecule has 3 heterocycles. The van der Waals surface area contributed by atoms with Gasteiger partial charge in [-0.3, -0.25) is 19.1 Å². The van der Waals surface area contributed by atoms with Crippen LogP contribution in [0.1, 0.15) is 6.92 Å². The highest BCUT2D eigenvalue weighted by atomic mass is 32.1. The van der Waals surface area contributed by atoms with Gasteiger partial charge in [0.2, 0.25) is 5.91 Å². The molecule has 8 nitrogen and oxygen atoms in total. The highest BCUT2D eigenvalue weighted by Crippen LogP contribution is 2.26. The number of pyridine rings is 1. The summed E-state index contributed by atoms with van der Waals surface area (Å²) in [6, 6.07) is 12.6. The van der Waals surface area contributed by atoms with E-state index >= 15 is 0 Å². The fraction of sp³-hybridized carbons (Fsp3) is 0.150. The molecule has 0 aliphatic heterocycles. The van der Waals surface area contributed by atoms with Gasteiger partial charge in [-0.25, -0.2) is 4.98 Å². The predicted molar refractivity (Wildman–Crippen MR) is 111 cm³/mol. The summed E-state index contributed by atoms with van der Waals surface area (Å²) in [5.41, 5.74) is 1.93. The van der Waals surface area contributed by atoms with Crippen LogP contribution < -0.4 is 15.6 Å². The molecule has 146 valence electrons. The standard InChI is InChI=1S/C20H17N5O3S/c1-2-28-15-9-4-3-7-13(15)23-16(26)11-25-12-22-18-17(14-8-5-6-10-21-14)24-29-19(18)20(25)27/h3-10,12H,2,11H2,1H3,(H,23,26). The Hall–Kier alpha value is -3.59. The van der Waals surface area contributed by atoms with Crippen LogP contribution in [0.15, 0.2) is 59.8 Å². The lowest BCUT2D eigenvalue weighted by Crippen LogP contribution is -2.27. The first-order chi connectivity index (χ1) is 14.2. The van der Waals surface area contributed by atoms with E-state index in [4.69, 9.17) is 4.74 Å². The third kappa shape index (κ3) is 3.85. The van der Waals surface area contributed by atoms with Crippen molar-refractivity contribution in [2.24, 2.45) is 0 Å². The van der Waals surface area contributed by atoms with Crippen LogP contribution in [0, 0.1) is 0 Å². The topological polar surface area (TPSA) is 99.0 Å². The average molecular weight is 407 g/mol. The first kappa shape index (κ1) is 18.8. The van der Waals surface area contributed by atoms with Crippen LogP contribution in [-0.2, 0) is 11.3 Å². The summed E-state index contributed by atoms with van der Waals surface area (Å²) in [7, 11) is 0. The molecule has 0 unspecified atom stereocenters. The van der Waals surface area contributed by atoms with Crippen molar-refractivity contribution < 1.29 is 9.53 Å². The summed E-state index contributed by atoms with van der Waals surface area (Å²) < 4.78 is 11.5. The highest BCUT2D eigenvalue weighted by molar-refractivity contribution is 7.13. The highest BCUT2D eigenvalue weighted by Gasteiger charge is 2.16. The molecule has 1 aromatic carbocycles. The van der Waals surface area contributed by atoms with E-state index in [1.165, 1.54) is 10.9 Å². The molecule has 4 aromatic rings. The van der Waals surface area contributed by atoms with Crippen LogP contribution in [0.3, 0.4) is 0 Å². The zero-order chi connectivity index (χ0) is 20.2. The monoisotopic (exact) mass is 407 g/mol. The number of benzene rings is 1. The fourth-order valence-electron chi connectivity index (χ4n) is 2.83. The third-order valence-electron chi connectivity index (χ3n) is 4.13. The van der Waals surface area contributed by atoms with Crippen LogP contribution in [0.2, 0.25) is 0 Å². The third-order valence-corrected chi connectivity index (χ3v) is 4.96. The van der Waals surface area contributed by atoms with Crippen molar-refractivity contribution in [3.63, 3.8) is 0 Å². The van der Waals surface area contributed by atoms with Gasteiger partial charge >= 0.3 is 0 Å². The van der Waals surface area contributed by atoms with E-state index in [0.717, 1.165) is 11.5 Å². The molecule has 4 rings (SSSR count). The molecule has 0 fully saturated rings. The second-order valence-corrected chi connectivity index (χ2v) is 6.85. The van der Waals surface area contributed by atoms with Crippen LogP contribution in [0.25, 0.3) is 21.6 Å². The Kier molecular flexibility index (Phi) is 5.30. The van der Waals surface area contributed by atoms with Gasteiger partial charge < -0.3 is 10.1 Å². The number of carbonyl (C=O) groups is 1. The lowest BCUT2D eigenvalue weighted by molar-refractivity contribution is -0.116. The number of nitrogens with zero attached hydrogens (tertiary/aromatic N) is 4. The summed E-state index contributed by atoms with van der Waals surface area (Å²) in [6.45, 7) is 2.18. The Bertz CT molecular complexity index is 1220. The number of fused-ring (bicyclic) bond motifs is 1. The molecule has 0 aliphatic carbocycles. The van der Waals surface area contributed by atoms with Crippen LogP contribution >= 0.6 is 11.5 Å². The molecule has 3 aromatic heterocycles. The van der Waals surface area contributed by atoms with Crippen molar-refractivity contribution >= 4 is 33.3 Å². The Morgan fingerprint density at radius 2 is 2.00 bits per heavy atom. The van der Waals surface area contributed by atoms with Gasteiger partial charge in [-0.05, 0) is 42.7 Å². The maximum absolute atomic E-state index is 12.8. The molecule has 0 aliphatic rings. The molecule has 0 saturated heterocycles. The normalized spacial score (nSPS) is 10.8. The number of hydrogen-bond donors (Lipinski definition) is 1. The Morgan fingerprint density at radius 3 is 2.79 bits per heavy atom. The SMILES string of the molecule is CCOc1ccccc1NC(=O)Cn1cnc2c(-c3ccccn3)nsc2c1=O. The quantitative estimate of drug-likeness (QED) is 0.528. The number of hydrogen-bond acceptors (Lipinski definition) is 7. The maximum atomic E-state index is 12.8. The lowest BCUT2D eigenvalue weighted by Gasteiger charge is -2.11. The minimum atomic E-state index is -0.352. The first-order valence-electron chi connectivity index (χ1n) is 8.95. The minimum absolute atomic E-state index is 0.168. The van der Waals surface area contributed by atoms with Crippen LogP contribution in [-0.4, -0.2) is 31.4 Å². The van der Waals surface area contributed by atoms with Crippen molar-refractivity contribution in [2.75, 3.05) is 11.9 Å². The predicted octanol–water partition coefficient (Wildman–Crippen LogP) is 2.95. The summed E-state index contributed by atoms with van der Waals surface area (Å²) in [4.78, 5) is 33.9. The maximum Gasteiger partial charge on any atom is 0.273 e. The second kappa shape index (κ2) is 8.19. The number of anilines is 1. The zero-order valence-corrected chi connectivity index (χ0v) is 16.3. The van der Waals surface area contributed by atoms with E-state index < -0.39 is 0 Å². The lowest BCUT2D eigenvalue weighted by atomic mass is 10.2. The van der Waals surface area contributed by atoms with Crippen molar-refractivity contribution in [1.29, 1.82) is 0 Å². The molecule has 0 saturated carbocycles. The van der Waals surface area contributed by atoms with Gasteiger partial charge in [0.15, 0.2) is 0 Å². The molecular formula is C20H17N5O3S. The number of rotatable bonds is 6. The van der Waals surface area contributed by atoms with E-state index in [-0.39, 0.29) is 18.0 Å². The van der Waals surface area contributed by atoms with Gasteiger partial charge in [-0.2, -0.15) is 4.37 Å². The number of ether oxygens (including phenoxy) is 1. The largest absolute Gasteiger partial charge is 0.492 e. The van der Waals surface area contributed by atoms with Gasteiger partial charge in [0.05, 0.1) is 24.3 Å². The molecule has 0 radical (unpaired) electrons. The van der Waals surface area contributed by atoms with E-state index in [0.29, 0.717) is 39.6 Å². The van der Waals surface area contributed by atoms with Gasteiger partial charge in [-0.15, -0.1) is 0 Å². The number of carbonyl (C=O) groups excluding carboxylic acids is 1. The molecule has 9 heteroatoms. The van der Waals surface area contributed by atoms with Gasteiger partial charge in [-0.1, -0.05) is 18.2 Å². The summed E-state index contributed by atoms with van der Waals surface area (Å²) in [5.74, 6) is 0.224. The minimum Gasteiger partial charge on any atom is -0.492 e. The fourth-order valence-corrected chi connectivity index (χ4v) is 3.63. The Morgan fingerprint density at radius 1 is 1.17 bits per heavy atom. The molecular weight excluding hydrogens is 390 g/mol. The Balaban J connectivity index is 1.58. The second-order valence-electron chi connectivity index (χ2n) is 6.08. The molecule has 0 atom stereocenters. The smallest absolute Gasteiger partial charge is 0.273 e. The van der Waals surface area contributed by atoms with Crippen LogP contribution in [0.4, 0.5) is 5.69 Å². The molecule has 0 spiro atoms. The van der Waals surface area contributed by atoms with Crippen molar-refractivity contribution in [2.45, 2.75) is 13.5 Å². The molecule has 29 heavy (non-hydrogen) atoms. The summed E-state index contributed by atoms with van der Waals surface area (Å²) in [6.07, 6.45) is 3.02. The number of nitrogens with one attached hydrogen (secondary N) is 1. The van der Waals surface area contributed by atoms with Crippen molar-refractivity contribution in [3.05, 3.63) is 65.3 Å². The van der Waals surface area contributed by atoms with Gasteiger partial charge in [0, 0.05) is 6.20 Å². The van der Waals surface area contributed by atoms with Gasteiger partial charge in [0.25, 0.3) is 5.56 Å². The number of amides is 1. The summed E-state index contributed by atoms with van der Waals surface area (Å²) >= 11 is 1.05. The number of para-hydroxylation sites is 2. The number of aromatic nitrogens is 4. The first-order valence-corrected chi connectivity index (χ1v) is 9.72. The van der Waals surface area contributed by atoms with E-state index in [1.807, 2.05) is 25.1 Å². The van der Waals surface area contributed by atoms with Gasteiger partial charge in [0.1, 0.15) is 28.2 Å². The van der Waals surface area contributed by atoms with Crippen molar-refractivity contribution in [3.8, 4) is 17.1 Å². The molecule has 1 amide bonds. The summed E-state index contributed by atoms with van der Waals surface area (Å²) in [5, 5.41) is 2.78. The average Bonchev–Trinajstić information content (AvgIpc) is 3.17. The van der Waals surface area contributed by atoms with E-state index in [1.54, 1.807) is 30.5 Å². The molecule has 1 N–H and O–H groups in total. The van der Waals surface area contributed by atoms with E-state index in [2.05, 4.69) is 19.7 Å². The van der Waals surface area contributed by atoms with Crippen LogP contribution in [0.5, 0.6) is 5.75 Å². The van der Waals surface area contributed by atoms with Crippen molar-refractivity contribution in [1.82, 2.24) is 18.9 Å². The zero-order valence-electron chi connectivity index (χ0n) is 15.5. The Labute approximate surface area is 170 Å². The molecule has 0 bridgehead atoms.